The van der Waals surface area contributed by atoms with Crippen LogP contribution in [0.1, 0.15) is 18.4 Å². The maximum Gasteiger partial charge on any atom is 0.0764 e. The van der Waals surface area contributed by atoms with Gasteiger partial charge in [-0.2, -0.15) is 0 Å². The summed E-state index contributed by atoms with van der Waals surface area (Å²) in [4.78, 5) is -0.393. The molecule has 17 heavy (non-hydrogen) atoms. The first-order valence-electron chi connectivity index (χ1n) is 5.63. The summed E-state index contributed by atoms with van der Waals surface area (Å²) in [5.41, 5.74) is 3.52. The number of nitrogens with one attached hydrogen (secondary N) is 1. The molecule has 0 bridgehead atoms. The topological polar surface area (TPSA) is 58.3 Å². The van der Waals surface area contributed by atoms with Gasteiger partial charge in [-0.05, 0) is 24.5 Å². The Morgan fingerprint density at radius 1 is 1.41 bits per heavy atom. The Balaban J connectivity index is 2.05. The molecule has 1 aliphatic rings. The van der Waals surface area contributed by atoms with Crippen LogP contribution in [0, 0.1) is 0 Å². The summed E-state index contributed by atoms with van der Waals surface area (Å²) in [6.07, 6.45) is 1.56. The number of hydrogen-bond acceptors (Lipinski definition) is 3. The molecule has 1 fully saturated rings. The fraction of sp³-hybridized carbons (Fsp3) is 0.500. The van der Waals surface area contributed by atoms with Crippen LogP contribution in [0.25, 0.3) is 0 Å². The largest absolute Gasteiger partial charge is 0.391 e. The lowest BCUT2D eigenvalue weighted by Gasteiger charge is -2.26. The number of rotatable bonds is 5. The molecule has 0 saturated heterocycles. The molecule has 0 radical (unpaired) electrons. The third-order valence-electron chi connectivity index (χ3n) is 3.24. The number of nitrogens with two attached hydrogens (primary N) is 1. The number of alkyl halides is 1. The Morgan fingerprint density at radius 3 is 2.59 bits per heavy atom. The zero-order valence-corrected chi connectivity index (χ0v) is 10.9. The van der Waals surface area contributed by atoms with E-state index in [0.29, 0.717) is 11.4 Å². The summed E-state index contributed by atoms with van der Waals surface area (Å²) >= 11 is 12.3. The quantitative estimate of drug-likeness (QED) is 0.436. The minimum absolute atomic E-state index is 0.305. The van der Waals surface area contributed by atoms with E-state index >= 15 is 0 Å². The van der Waals surface area contributed by atoms with Gasteiger partial charge in [0.1, 0.15) is 0 Å². The van der Waals surface area contributed by atoms with E-state index in [4.69, 9.17) is 29.0 Å². The summed E-state index contributed by atoms with van der Waals surface area (Å²) < 4.78 is 0. The van der Waals surface area contributed by atoms with Crippen LogP contribution in [0.15, 0.2) is 24.3 Å². The minimum Gasteiger partial charge on any atom is -0.391 e. The van der Waals surface area contributed by atoms with Crippen molar-refractivity contribution in [2.75, 3.05) is 0 Å². The van der Waals surface area contributed by atoms with E-state index in [2.05, 4.69) is 5.43 Å². The molecular formula is C12H16Cl2N2O. The smallest absolute Gasteiger partial charge is 0.0764 e. The second kappa shape index (κ2) is 5.12. The first-order chi connectivity index (χ1) is 8.07. The van der Waals surface area contributed by atoms with Crippen LogP contribution < -0.4 is 11.3 Å². The van der Waals surface area contributed by atoms with Crippen LogP contribution in [0.5, 0.6) is 0 Å². The third-order valence-corrected chi connectivity index (χ3v) is 4.22. The van der Waals surface area contributed by atoms with Gasteiger partial charge in [0, 0.05) is 11.4 Å². The van der Waals surface area contributed by atoms with Crippen LogP contribution in [0.4, 0.5) is 0 Å². The highest BCUT2D eigenvalue weighted by Crippen LogP contribution is 2.46. The van der Waals surface area contributed by atoms with Crippen LogP contribution in [0.2, 0.25) is 5.02 Å². The van der Waals surface area contributed by atoms with Gasteiger partial charge < -0.3 is 5.11 Å². The van der Waals surface area contributed by atoms with Crippen molar-refractivity contribution in [3.8, 4) is 0 Å². The molecule has 0 amide bonds. The molecule has 94 valence electrons. The van der Waals surface area contributed by atoms with E-state index < -0.39 is 11.0 Å². The Labute approximate surface area is 111 Å². The highest BCUT2D eigenvalue weighted by atomic mass is 35.5. The molecule has 1 aromatic rings. The highest BCUT2D eigenvalue weighted by Gasteiger charge is 2.50. The lowest BCUT2D eigenvalue weighted by molar-refractivity contribution is 0.121. The summed E-state index contributed by atoms with van der Waals surface area (Å²) in [5, 5.41) is 10.8. The lowest BCUT2D eigenvalue weighted by Crippen LogP contribution is -2.51. The monoisotopic (exact) mass is 274 g/mol. The SMILES string of the molecule is NNC(C(O)Cc1ccccc1Cl)C1(Cl)CC1. The van der Waals surface area contributed by atoms with Gasteiger partial charge in [0.2, 0.25) is 0 Å². The van der Waals surface area contributed by atoms with E-state index in [1.165, 1.54) is 0 Å². The van der Waals surface area contributed by atoms with Crippen molar-refractivity contribution >= 4 is 23.2 Å². The average Bonchev–Trinajstić information content (AvgIpc) is 3.01. The van der Waals surface area contributed by atoms with Gasteiger partial charge in [0.15, 0.2) is 0 Å². The van der Waals surface area contributed by atoms with Gasteiger partial charge in [0.25, 0.3) is 0 Å². The number of benzene rings is 1. The van der Waals surface area contributed by atoms with Crippen molar-refractivity contribution in [1.82, 2.24) is 5.43 Å². The Morgan fingerprint density at radius 2 is 2.06 bits per heavy atom. The van der Waals surface area contributed by atoms with E-state index in [1.807, 2.05) is 24.3 Å². The van der Waals surface area contributed by atoms with Crippen molar-refractivity contribution in [2.24, 2.45) is 5.84 Å². The maximum absolute atomic E-state index is 10.2. The lowest BCUT2D eigenvalue weighted by atomic mass is 9.99. The summed E-state index contributed by atoms with van der Waals surface area (Å²) in [6.45, 7) is 0. The van der Waals surface area contributed by atoms with Crippen molar-refractivity contribution in [2.45, 2.75) is 36.3 Å². The van der Waals surface area contributed by atoms with Gasteiger partial charge in [-0.15, -0.1) is 11.6 Å². The molecule has 0 aliphatic heterocycles. The van der Waals surface area contributed by atoms with Crippen molar-refractivity contribution in [1.29, 1.82) is 0 Å². The predicted octanol–water partition coefficient (Wildman–Crippen LogP) is 1.85. The zero-order chi connectivity index (χ0) is 12.5. The zero-order valence-electron chi connectivity index (χ0n) is 9.37. The summed E-state index contributed by atoms with van der Waals surface area (Å²) in [7, 11) is 0. The van der Waals surface area contributed by atoms with E-state index in [0.717, 1.165) is 18.4 Å². The van der Waals surface area contributed by atoms with Crippen molar-refractivity contribution in [3.63, 3.8) is 0 Å². The van der Waals surface area contributed by atoms with Gasteiger partial charge in [0.05, 0.1) is 17.0 Å². The fourth-order valence-corrected chi connectivity index (χ4v) is 2.56. The summed E-state index contributed by atoms with van der Waals surface area (Å²) in [5.74, 6) is 5.46. The maximum atomic E-state index is 10.2. The number of aliphatic hydroxyl groups is 1. The molecule has 5 heteroatoms. The molecule has 0 aromatic heterocycles. The van der Waals surface area contributed by atoms with E-state index in [1.54, 1.807) is 0 Å². The normalized spacial score (nSPS) is 20.9. The van der Waals surface area contributed by atoms with Crippen molar-refractivity contribution in [3.05, 3.63) is 34.9 Å². The van der Waals surface area contributed by atoms with Crippen LogP contribution in [0.3, 0.4) is 0 Å². The number of hydrogen-bond donors (Lipinski definition) is 3. The summed E-state index contributed by atoms with van der Waals surface area (Å²) in [6, 6.07) is 7.16. The predicted molar refractivity (Wildman–Crippen MR) is 70.1 cm³/mol. The molecule has 1 saturated carbocycles. The van der Waals surface area contributed by atoms with Gasteiger partial charge >= 0.3 is 0 Å². The molecule has 2 unspecified atom stereocenters. The van der Waals surface area contributed by atoms with E-state index in [9.17, 15) is 5.11 Å². The molecule has 0 heterocycles. The van der Waals surface area contributed by atoms with Crippen molar-refractivity contribution < 1.29 is 5.11 Å². The van der Waals surface area contributed by atoms with Gasteiger partial charge in [-0.3, -0.25) is 11.3 Å². The highest BCUT2D eigenvalue weighted by molar-refractivity contribution is 6.31. The molecule has 2 rings (SSSR count). The average molecular weight is 275 g/mol. The van der Waals surface area contributed by atoms with Crippen LogP contribution >= 0.6 is 23.2 Å². The molecule has 0 spiro atoms. The van der Waals surface area contributed by atoms with Gasteiger partial charge in [-0.1, -0.05) is 29.8 Å². The molecule has 2 atom stereocenters. The van der Waals surface area contributed by atoms with Crippen LogP contribution in [-0.2, 0) is 6.42 Å². The van der Waals surface area contributed by atoms with Crippen LogP contribution in [-0.4, -0.2) is 22.1 Å². The molecule has 3 nitrogen and oxygen atoms in total. The van der Waals surface area contributed by atoms with E-state index in [-0.39, 0.29) is 6.04 Å². The number of aliphatic hydroxyl groups excluding tert-OH is 1. The molecular weight excluding hydrogens is 259 g/mol. The minimum atomic E-state index is -0.639. The first-order valence-corrected chi connectivity index (χ1v) is 6.39. The Bertz CT molecular complexity index is 396. The third kappa shape index (κ3) is 2.92. The molecule has 1 aromatic carbocycles. The Hall–Kier alpha value is -0.320. The fourth-order valence-electron chi connectivity index (χ4n) is 2.04. The molecule has 4 N–H and O–H groups in total. The molecule has 1 aliphatic carbocycles. The number of hydrazine groups is 1. The first kappa shape index (κ1) is 13.1. The standard InChI is InChI=1S/C12H16Cl2N2O/c13-9-4-2-1-3-8(9)7-10(17)11(16-15)12(14)5-6-12/h1-4,10-11,16-17H,5-7,15H2. The second-order valence-corrected chi connectivity index (χ2v) is 5.70. The second-order valence-electron chi connectivity index (χ2n) is 4.54. The van der Waals surface area contributed by atoms with Gasteiger partial charge in [-0.25, -0.2) is 0 Å². The Kier molecular flexibility index (Phi) is 3.95. The number of halogens is 2.